The molecule has 2 rings (SSSR count). The molecule has 0 amide bonds. The molecule has 2 aromatic rings. The Balaban J connectivity index is 2.04. The molecule has 0 bridgehead atoms. The maximum absolute atomic E-state index is 5.39. The fourth-order valence-corrected chi connectivity index (χ4v) is 2.51. The molecule has 21 heavy (non-hydrogen) atoms. The highest BCUT2D eigenvalue weighted by Gasteiger charge is 2.11. The van der Waals surface area contributed by atoms with E-state index in [9.17, 15) is 0 Å². The van der Waals surface area contributed by atoms with Gasteiger partial charge in [-0.1, -0.05) is 22.0 Å². The van der Waals surface area contributed by atoms with E-state index < -0.39 is 0 Å². The van der Waals surface area contributed by atoms with Crippen molar-refractivity contribution in [3.63, 3.8) is 0 Å². The zero-order valence-corrected chi connectivity index (χ0v) is 14.7. The van der Waals surface area contributed by atoms with E-state index in [1.54, 1.807) is 6.26 Å². The van der Waals surface area contributed by atoms with Crippen LogP contribution in [0.4, 0.5) is 5.69 Å². The van der Waals surface area contributed by atoms with Crippen molar-refractivity contribution < 1.29 is 4.42 Å². The van der Waals surface area contributed by atoms with Crippen LogP contribution in [0.15, 0.2) is 45.5 Å². The van der Waals surface area contributed by atoms with Gasteiger partial charge in [0.05, 0.1) is 12.8 Å². The molecule has 1 heterocycles. The quantitative estimate of drug-likeness (QED) is 0.856. The van der Waals surface area contributed by atoms with E-state index in [0.717, 1.165) is 29.0 Å². The van der Waals surface area contributed by atoms with Gasteiger partial charge >= 0.3 is 0 Å². The van der Waals surface area contributed by atoms with E-state index in [1.807, 2.05) is 12.1 Å². The molecule has 0 radical (unpaired) electrons. The normalized spacial score (nSPS) is 11.7. The molecular weight excluding hydrogens is 328 g/mol. The summed E-state index contributed by atoms with van der Waals surface area (Å²) < 4.78 is 6.52. The van der Waals surface area contributed by atoms with Crippen molar-refractivity contribution in [1.82, 2.24) is 5.32 Å². The van der Waals surface area contributed by atoms with Gasteiger partial charge in [-0.2, -0.15) is 0 Å². The highest BCUT2D eigenvalue weighted by Crippen LogP contribution is 2.25. The molecular formula is C17H23BrN2O. The van der Waals surface area contributed by atoms with Crippen LogP contribution in [-0.4, -0.2) is 12.6 Å². The minimum absolute atomic E-state index is 0.119. The molecule has 1 aromatic heterocycles. The van der Waals surface area contributed by atoms with Gasteiger partial charge < -0.3 is 14.6 Å². The number of hydrogen-bond acceptors (Lipinski definition) is 3. The summed E-state index contributed by atoms with van der Waals surface area (Å²) in [6.07, 6.45) is 1.71. The first-order valence-electron chi connectivity index (χ1n) is 7.12. The summed E-state index contributed by atoms with van der Waals surface area (Å²) in [5.74, 6) is 0.965. The van der Waals surface area contributed by atoms with Crippen molar-refractivity contribution in [2.45, 2.75) is 39.4 Å². The second-order valence-electron chi connectivity index (χ2n) is 6.31. The topological polar surface area (TPSA) is 28.4 Å². The van der Waals surface area contributed by atoms with Gasteiger partial charge in [0.2, 0.25) is 0 Å². The second-order valence-corrected chi connectivity index (χ2v) is 7.17. The lowest BCUT2D eigenvalue weighted by Gasteiger charge is -2.22. The van der Waals surface area contributed by atoms with E-state index in [0.29, 0.717) is 0 Å². The first kappa shape index (κ1) is 16.1. The van der Waals surface area contributed by atoms with Crippen LogP contribution < -0.4 is 10.2 Å². The zero-order chi connectivity index (χ0) is 15.5. The third kappa shape index (κ3) is 4.90. The molecule has 0 aliphatic rings. The molecule has 0 saturated heterocycles. The number of halogens is 1. The molecule has 0 unspecified atom stereocenters. The van der Waals surface area contributed by atoms with Crippen molar-refractivity contribution >= 4 is 21.6 Å². The largest absolute Gasteiger partial charge is 0.467 e. The van der Waals surface area contributed by atoms with Gasteiger partial charge in [0.15, 0.2) is 0 Å². The van der Waals surface area contributed by atoms with Gasteiger partial charge in [-0.25, -0.2) is 0 Å². The summed E-state index contributed by atoms with van der Waals surface area (Å²) in [5, 5.41) is 3.51. The van der Waals surface area contributed by atoms with Crippen molar-refractivity contribution in [3.05, 3.63) is 52.4 Å². The van der Waals surface area contributed by atoms with E-state index in [4.69, 9.17) is 4.42 Å². The summed E-state index contributed by atoms with van der Waals surface area (Å²) >= 11 is 3.67. The number of furan rings is 1. The molecule has 1 aromatic carbocycles. The predicted octanol–water partition coefficient (Wildman–Crippen LogP) is 4.57. The van der Waals surface area contributed by atoms with Gasteiger partial charge in [-0.3, -0.25) is 0 Å². The standard InChI is InChI=1S/C17H23BrN2O/c1-17(2,3)19-11-13-7-8-14(10-16(13)18)20(4)12-15-6-5-9-21-15/h5-10,19H,11-12H2,1-4H3. The molecule has 0 aliphatic carbocycles. The van der Waals surface area contributed by atoms with E-state index in [2.05, 4.69) is 72.2 Å². The first-order valence-corrected chi connectivity index (χ1v) is 7.91. The van der Waals surface area contributed by atoms with Gasteiger partial charge in [0.25, 0.3) is 0 Å². The smallest absolute Gasteiger partial charge is 0.123 e. The molecule has 4 heteroatoms. The van der Waals surface area contributed by atoms with Crippen molar-refractivity contribution in [2.75, 3.05) is 11.9 Å². The summed E-state index contributed by atoms with van der Waals surface area (Å²) in [5.41, 5.74) is 2.55. The van der Waals surface area contributed by atoms with Crippen LogP contribution in [0.1, 0.15) is 32.1 Å². The molecule has 0 fully saturated rings. The predicted molar refractivity (Wildman–Crippen MR) is 91.5 cm³/mol. The molecule has 1 N–H and O–H groups in total. The number of nitrogens with zero attached hydrogens (tertiary/aromatic N) is 1. The molecule has 114 valence electrons. The lowest BCUT2D eigenvalue weighted by molar-refractivity contribution is 0.424. The average molecular weight is 351 g/mol. The Morgan fingerprint density at radius 3 is 2.57 bits per heavy atom. The number of nitrogens with one attached hydrogen (secondary N) is 1. The van der Waals surface area contributed by atoms with Crippen molar-refractivity contribution in [3.8, 4) is 0 Å². The molecule has 0 atom stereocenters. The first-order chi connectivity index (χ1) is 9.85. The van der Waals surface area contributed by atoms with Crippen LogP contribution in [0.2, 0.25) is 0 Å². The number of rotatable bonds is 5. The van der Waals surface area contributed by atoms with Crippen LogP contribution in [0.5, 0.6) is 0 Å². The molecule has 0 spiro atoms. The summed E-state index contributed by atoms with van der Waals surface area (Å²) in [7, 11) is 2.07. The van der Waals surface area contributed by atoms with Gasteiger partial charge in [0, 0.05) is 29.3 Å². The fourth-order valence-electron chi connectivity index (χ4n) is 2.01. The fraction of sp³-hybridized carbons (Fsp3) is 0.412. The number of hydrogen-bond donors (Lipinski definition) is 1. The average Bonchev–Trinajstić information content (AvgIpc) is 2.89. The van der Waals surface area contributed by atoms with Gasteiger partial charge in [0.1, 0.15) is 5.76 Å². The molecule has 0 aliphatic heterocycles. The molecule has 3 nitrogen and oxygen atoms in total. The van der Waals surface area contributed by atoms with Crippen molar-refractivity contribution in [1.29, 1.82) is 0 Å². The second kappa shape index (κ2) is 6.67. The van der Waals surface area contributed by atoms with Gasteiger partial charge in [-0.05, 0) is 50.6 Å². The summed E-state index contributed by atoms with van der Waals surface area (Å²) in [4.78, 5) is 2.17. The number of anilines is 1. The highest BCUT2D eigenvalue weighted by molar-refractivity contribution is 9.10. The summed E-state index contributed by atoms with van der Waals surface area (Å²) in [6.45, 7) is 8.14. The Morgan fingerprint density at radius 1 is 1.24 bits per heavy atom. The maximum Gasteiger partial charge on any atom is 0.123 e. The SMILES string of the molecule is CN(Cc1ccco1)c1ccc(CNC(C)(C)C)c(Br)c1. The lowest BCUT2D eigenvalue weighted by atomic mass is 10.1. The van der Waals surface area contributed by atoms with Gasteiger partial charge in [-0.15, -0.1) is 0 Å². The van der Waals surface area contributed by atoms with E-state index in [-0.39, 0.29) is 5.54 Å². The molecule has 0 saturated carbocycles. The van der Waals surface area contributed by atoms with E-state index >= 15 is 0 Å². The Labute approximate surface area is 135 Å². The lowest BCUT2D eigenvalue weighted by Crippen LogP contribution is -2.35. The Bertz CT molecular complexity index is 573. The highest BCUT2D eigenvalue weighted by atomic mass is 79.9. The zero-order valence-electron chi connectivity index (χ0n) is 13.1. The Morgan fingerprint density at radius 2 is 2.00 bits per heavy atom. The maximum atomic E-state index is 5.39. The van der Waals surface area contributed by atoms with E-state index in [1.165, 1.54) is 5.56 Å². The third-order valence-corrected chi connectivity index (χ3v) is 4.00. The van der Waals surface area contributed by atoms with Crippen LogP contribution in [-0.2, 0) is 13.1 Å². The van der Waals surface area contributed by atoms with Crippen molar-refractivity contribution in [2.24, 2.45) is 0 Å². The van der Waals surface area contributed by atoms with Crippen LogP contribution in [0.3, 0.4) is 0 Å². The van der Waals surface area contributed by atoms with Crippen LogP contribution in [0, 0.1) is 0 Å². The third-order valence-electron chi connectivity index (χ3n) is 3.26. The minimum atomic E-state index is 0.119. The van der Waals surface area contributed by atoms with Crippen LogP contribution in [0.25, 0.3) is 0 Å². The summed E-state index contributed by atoms with van der Waals surface area (Å²) in [6, 6.07) is 10.4. The Kier molecular flexibility index (Phi) is 5.12. The van der Waals surface area contributed by atoms with Crippen LogP contribution >= 0.6 is 15.9 Å². The minimum Gasteiger partial charge on any atom is -0.467 e. The number of benzene rings is 1. The monoisotopic (exact) mass is 350 g/mol. The Hall–Kier alpha value is -1.26.